The highest BCUT2D eigenvalue weighted by Gasteiger charge is 2.06. The second kappa shape index (κ2) is 8.84. The van der Waals surface area contributed by atoms with Crippen molar-refractivity contribution in [1.29, 1.82) is 0 Å². The van der Waals surface area contributed by atoms with Crippen LogP contribution in [0.3, 0.4) is 0 Å². The normalized spacial score (nSPS) is 10.3. The molecule has 0 bridgehead atoms. The van der Waals surface area contributed by atoms with Crippen LogP contribution in [-0.2, 0) is 19.1 Å². The van der Waals surface area contributed by atoms with Crippen molar-refractivity contribution in [3.05, 3.63) is 40.4 Å². The summed E-state index contributed by atoms with van der Waals surface area (Å²) in [5.74, 6) is -1.55. The molecule has 1 aromatic rings. The number of carbonyl (C=O) groups excluding carboxylic acids is 3. The Kier molecular flexibility index (Phi) is 7.12. The van der Waals surface area contributed by atoms with Crippen molar-refractivity contribution in [2.24, 2.45) is 0 Å². The van der Waals surface area contributed by atoms with Crippen molar-refractivity contribution < 1.29 is 19.1 Å². The van der Waals surface area contributed by atoms with Gasteiger partial charge in [0.25, 0.3) is 5.91 Å². The lowest BCUT2D eigenvalue weighted by molar-refractivity contribution is -0.143. The molecule has 0 aliphatic heterocycles. The van der Waals surface area contributed by atoms with Gasteiger partial charge in [-0.15, -0.1) is 0 Å². The van der Waals surface area contributed by atoms with Crippen molar-refractivity contribution in [2.45, 2.75) is 6.92 Å². The van der Waals surface area contributed by atoms with Crippen LogP contribution in [0, 0.1) is 6.92 Å². The van der Waals surface area contributed by atoms with Gasteiger partial charge in [0, 0.05) is 18.1 Å². The van der Waals surface area contributed by atoms with Crippen LogP contribution in [0.5, 0.6) is 0 Å². The number of nitrogens with one attached hydrogen (secondary N) is 2. The average Bonchev–Trinajstić information content (AvgIpc) is 2.51. The van der Waals surface area contributed by atoms with Crippen LogP contribution in [0.2, 0.25) is 5.02 Å². The van der Waals surface area contributed by atoms with Crippen LogP contribution >= 0.6 is 11.6 Å². The second-order valence-corrected chi connectivity index (χ2v) is 4.81. The second-order valence-electron chi connectivity index (χ2n) is 4.40. The fourth-order valence-electron chi connectivity index (χ4n) is 1.38. The van der Waals surface area contributed by atoms with Crippen LogP contribution in [-0.4, -0.2) is 38.0 Å². The van der Waals surface area contributed by atoms with Crippen molar-refractivity contribution in [3.63, 3.8) is 0 Å². The summed E-state index contributed by atoms with van der Waals surface area (Å²) in [6.45, 7) is 1.26. The Bertz CT molecular complexity index is 599. The van der Waals surface area contributed by atoms with E-state index in [1.807, 2.05) is 13.0 Å². The van der Waals surface area contributed by atoms with Gasteiger partial charge in [-0.3, -0.25) is 9.59 Å². The molecular formula is C15H17ClN2O4. The van der Waals surface area contributed by atoms with E-state index in [4.69, 9.17) is 16.3 Å². The molecule has 0 radical (unpaired) electrons. The zero-order valence-corrected chi connectivity index (χ0v) is 13.1. The fourth-order valence-corrected chi connectivity index (χ4v) is 1.57. The summed E-state index contributed by atoms with van der Waals surface area (Å²) >= 11 is 5.97. The Balaban J connectivity index is 2.39. The first-order chi connectivity index (χ1) is 10.4. The maximum Gasteiger partial charge on any atom is 0.331 e. The van der Waals surface area contributed by atoms with Crippen molar-refractivity contribution in [2.75, 3.05) is 20.2 Å². The van der Waals surface area contributed by atoms with Crippen LogP contribution in [0.25, 0.3) is 6.08 Å². The molecule has 118 valence electrons. The zero-order chi connectivity index (χ0) is 16.5. The number of ether oxygens (including phenoxy) is 1. The summed E-state index contributed by atoms with van der Waals surface area (Å²) in [5.41, 5.74) is 1.69. The molecule has 0 fully saturated rings. The number of halogens is 1. The highest BCUT2D eigenvalue weighted by Crippen LogP contribution is 2.17. The molecule has 0 spiro atoms. The number of likely N-dealkylation sites (N-methyl/N-ethyl adjacent to an activating group) is 1. The first-order valence-electron chi connectivity index (χ1n) is 6.50. The van der Waals surface area contributed by atoms with E-state index in [2.05, 4.69) is 10.6 Å². The molecule has 1 rings (SSSR count). The molecule has 0 aliphatic rings. The number of aryl methyl sites for hydroxylation is 1. The Labute approximate surface area is 133 Å². The Hall–Kier alpha value is -2.34. The third-order valence-electron chi connectivity index (χ3n) is 2.68. The lowest BCUT2D eigenvalue weighted by Crippen LogP contribution is -2.37. The van der Waals surface area contributed by atoms with Crippen molar-refractivity contribution in [1.82, 2.24) is 10.6 Å². The van der Waals surface area contributed by atoms with Crippen LogP contribution in [0.1, 0.15) is 11.1 Å². The number of hydrogen-bond donors (Lipinski definition) is 2. The lowest BCUT2D eigenvalue weighted by atomic mass is 10.1. The summed E-state index contributed by atoms with van der Waals surface area (Å²) in [6, 6.07) is 5.36. The van der Waals surface area contributed by atoms with Crippen molar-refractivity contribution in [3.8, 4) is 0 Å². The van der Waals surface area contributed by atoms with Gasteiger partial charge in [0.15, 0.2) is 6.61 Å². The third kappa shape index (κ3) is 6.41. The standard InChI is InChI=1S/C15H17ClN2O4/c1-10-3-4-11(7-12(10)16)5-6-15(21)22-9-14(20)18-8-13(19)17-2/h3-7H,8-9H2,1-2H3,(H,17,19)(H,18,20)/b6-5+. The van der Waals surface area contributed by atoms with Gasteiger partial charge in [-0.1, -0.05) is 23.7 Å². The predicted molar refractivity (Wildman–Crippen MR) is 83.3 cm³/mol. The molecule has 2 N–H and O–H groups in total. The molecule has 0 aliphatic carbocycles. The quantitative estimate of drug-likeness (QED) is 0.605. The number of benzene rings is 1. The van der Waals surface area contributed by atoms with E-state index in [1.54, 1.807) is 12.1 Å². The topological polar surface area (TPSA) is 84.5 Å². The summed E-state index contributed by atoms with van der Waals surface area (Å²) in [4.78, 5) is 33.7. The molecule has 1 aromatic carbocycles. The first-order valence-corrected chi connectivity index (χ1v) is 6.88. The molecule has 22 heavy (non-hydrogen) atoms. The van der Waals surface area contributed by atoms with Gasteiger partial charge in [-0.25, -0.2) is 4.79 Å². The van der Waals surface area contributed by atoms with E-state index in [1.165, 1.54) is 19.2 Å². The summed E-state index contributed by atoms with van der Waals surface area (Å²) in [5, 5.41) is 5.26. The minimum Gasteiger partial charge on any atom is -0.452 e. The maximum absolute atomic E-state index is 11.5. The van der Waals surface area contributed by atoms with E-state index >= 15 is 0 Å². The van der Waals surface area contributed by atoms with Gasteiger partial charge >= 0.3 is 5.97 Å². The van der Waals surface area contributed by atoms with Gasteiger partial charge in [-0.05, 0) is 30.2 Å². The lowest BCUT2D eigenvalue weighted by Gasteiger charge is -2.04. The average molecular weight is 325 g/mol. The first kappa shape index (κ1) is 17.7. The van der Waals surface area contributed by atoms with Crippen molar-refractivity contribution >= 4 is 35.5 Å². The van der Waals surface area contributed by atoms with Gasteiger partial charge in [0.1, 0.15) is 0 Å². The summed E-state index contributed by atoms with van der Waals surface area (Å²) < 4.78 is 4.74. The number of hydrogen-bond acceptors (Lipinski definition) is 4. The van der Waals surface area contributed by atoms with Crippen LogP contribution < -0.4 is 10.6 Å². The predicted octanol–water partition coefficient (Wildman–Crippen LogP) is 1.07. The fraction of sp³-hybridized carbons (Fsp3) is 0.267. The number of carbonyl (C=O) groups is 3. The van der Waals surface area contributed by atoms with E-state index in [9.17, 15) is 14.4 Å². The molecule has 0 heterocycles. The molecule has 0 saturated carbocycles. The summed E-state index contributed by atoms with van der Waals surface area (Å²) in [7, 11) is 1.46. The Morgan fingerprint density at radius 3 is 2.64 bits per heavy atom. The van der Waals surface area contributed by atoms with Gasteiger partial charge < -0.3 is 15.4 Å². The number of esters is 1. The molecular weight excluding hydrogens is 308 g/mol. The molecule has 6 nitrogen and oxygen atoms in total. The highest BCUT2D eigenvalue weighted by atomic mass is 35.5. The van der Waals surface area contributed by atoms with Crippen LogP contribution in [0.4, 0.5) is 0 Å². The van der Waals surface area contributed by atoms with Gasteiger partial charge in [0.05, 0.1) is 6.54 Å². The smallest absolute Gasteiger partial charge is 0.331 e. The molecule has 0 aromatic heterocycles. The van der Waals surface area contributed by atoms with Gasteiger partial charge in [0.2, 0.25) is 5.91 Å². The van der Waals surface area contributed by atoms with E-state index in [0.717, 1.165) is 11.1 Å². The molecule has 7 heteroatoms. The molecule has 2 amide bonds. The van der Waals surface area contributed by atoms with Crippen LogP contribution in [0.15, 0.2) is 24.3 Å². The van der Waals surface area contributed by atoms with E-state index < -0.39 is 18.5 Å². The highest BCUT2D eigenvalue weighted by molar-refractivity contribution is 6.31. The third-order valence-corrected chi connectivity index (χ3v) is 3.09. The Morgan fingerprint density at radius 2 is 2.00 bits per heavy atom. The van der Waals surface area contributed by atoms with E-state index in [-0.39, 0.29) is 12.5 Å². The number of amides is 2. The monoisotopic (exact) mass is 324 g/mol. The number of rotatable bonds is 6. The Morgan fingerprint density at radius 1 is 1.27 bits per heavy atom. The minimum atomic E-state index is -0.660. The molecule has 0 atom stereocenters. The summed E-state index contributed by atoms with van der Waals surface area (Å²) in [6.07, 6.45) is 2.74. The zero-order valence-electron chi connectivity index (χ0n) is 12.3. The largest absolute Gasteiger partial charge is 0.452 e. The minimum absolute atomic E-state index is 0.162. The maximum atomic E-state index is 11.5. The molecule has 0 unspecified atom stereocenters. The van der Waals surface area contributed by atoms with Gasteiger partial charge in [-0.2, -0.15) is 0 Å². The SMILES string of the molecule is CNC(=O)CNC(=O)COC(=O)/C=C/c1ccc(C)c(Cl)c1. The van der Waals surface area contributed by atoms with E-state index in [0.29, 0.717) is 5.02 Å². The molecule has 0 saturated heterocycles.